The number of nitrogens with one attached hydrogen (secondary N) is 1. The Balaban J connectivity index is 2.42. The molecule has 9 nitrogen and oxygen atoms in total. The van der Waals surface area contributed by atoms with Gasteiger partial charge in [0, 0.05) is 0 Å². The minimum atomic E-state index is -0.657. The molecule has 1 fully saturated rings. The number of rotatable bonds is 2. The molecule has 1 aliphatic rings. The molecular formula is C7H6N6O3. The fourth-order valence-electron chi connectivity index (χ4n) is 1.60. The lowest BCUT2D eigenvalue weighted by atomic mass is 10.4. The van der Waals surface area contributed by atoms with Gasteiger partial charge in [0.2, 0.25) is 5.52 Å². The molecule has 16 heavy (non-hydrogen) atoms. The van der Waals surface area contributed by atoms with E-state index in [9.17, 15) is 14.9 Å². The lowest BCUT2D eigenvalue weighted by Crippen LogP contribution is -2.13. The molecule has 0 amide bonds. The zero-order valence-electron chi connectivity index (χ0n) is 7.95. The van der Waals surface area contributed by atoms with Crippen LogP contribution in [0.1, 0.15) is 18.9 Å². The van der Waals surface area contributed by atoms with Gasteiger partial charge in [0.1, 0.15) is 0 Å². The predicted molar refractivity (Wildman–Crippen MR) is 50.9 cm³/mol. The monoisotopic (exact) mass is 222 g/mol. The topological polar surface area (TPSA) is 120 Å². The molecule has 0 aromatic carbocycles. The molecule has 0 atom stereocenters. The first kappa shape index (κ1) is 8.95. The first-order chi connectivity index (χ1) is 7.68. The van der Waals surface area contributed by atoms with E-state index in [2.05, 4.69) is 20.5 Å². The zero-order valence-corrected chi connectivity index (χ0v) is 7.95. The van der Waals surface area contributed by atoms with Gasteiger partial charge in [0.25, 0.3) is 5.56 Å². The van der Waals surface area contributed by atoms with Crippen LogP contribution in [0.3, 0.4) is 0 Å². The smallest absolute Gasteiger partial charge is 0.358 e. The summed E-state index contributed by atoms with van der Waals surface area (Å²) in [6.07, 6.45) is 1.74. The maximum absolute atomic E-state index is 11.5. The van der Waals surface area contributed by atoms with Crippen molar-refractivity contribution in [3.63, 3.8) is 0 Å². The summed E-state index contributed by atoms with van der Waals surface area (Å²) in [5.74, 6) is -0.416. The van der Waals surface area contributed by atoms with Crippen LogP contribution in [0.5, 0.6) is 0 Å². The second-order valence-corrected chi connectivity index (χ2v) is 3.59. The number of aromatic nitrogens is 5. The Morgan fingerprint density at radius 2 is 2.25 bits per heavy atom. The van der Waals surface area contributed by atoms with Crippen molar-refractivity contribution in [1.82, 2.24) is 25.2 Å². The van der Waals surface area contributed by atoms with Gasteiger partial charge >= 0.3 is 5.82 Å². The summed E-state index contributed by atoms with van der Waals surface area (Å²) in [4.78, 5) is 21.6. The Morgan fingerprint density at radius 1 is 1.50 bits per heavy atom. The van der Waals surface area contributed by atoms with Crippen LogP contribution in [-0.4, -0.2) is 30.1 Å². The Hall–Kier alpha value is -2.32. The van der Waals surface area contributed by atoms with Gasteiger partial charge in [-0.05, 0) is 17.8 Å². The average molecular weight is 222 g/mol. The van der Waals surface area contributed by atoms with Crippen molar-refractivity contribution < 1.29 is 4.92 Å². The summed E-state index contributed by atoms with van der Waals surface area (Å²) in [5, 5.41) is 23.6. The van der Waals surface area contributed by atoms with Crippen molar-refractivity contribution in [3.05, 3.63) is 20.5 Å². The van der Waals surface area contributed by atoms with Crippen molar-refractivity contribution in [2.24, 2.45) is 0 Å². The van der Waals surface area contributed by atoms with Gasteiger partial charge < -0.3 is 10.1 Å². The summed E-state index contributed by atoms with van der Waals surface area (Å²) < 4.78 is 1.38. The molecule has 0 saturated heterocycles. The van der Waals surface area contributed by atoms with Gasteiger partial charge in [-0.15, -0.1) is 5.10 Å². The van der Waals surface area contributed by atoms with Crippen molar-refractivity contribution >= 4 is 16.9 Å². The third-order valence-electron chi connectivity index (χ3n) is 2.45. The molecule has 9 heteroatoms. The van der Waals surface area contributed by atoms with E-state index in [1.165, 1.54) is 4.68 Å². The van der Waals surface area contributed by atoms with Gasteiger partial charge in [-0.3, -0.25) is 4.79 Å². The second-order valence-electron chi connectivity index (χ2n) is 3.59. The molecule has 2 aromatic rings. The van der Waals surface area contributed by atoms with Crippen LogP contribution >= 0.6 is 0 Å². The number of fused-ring (bicyclic) bond motifs is 1. The molecule has 0 aliphatic heterocycles. The van der Waals surface area contributed by atoms with Crippen LogP contribution < -0.4 is 5.56 Å². The molecular weight excluding hydrogens is 216 g/mol. The van der Waals surface area contributed by atoms with Gasteiger partial charge in [-0.2, -0.15) is 4.68 Å². The van der Waals surface area contributed by atoms with E-state index in [1.807, 2.05) is 0 Å². The standard InChI is InChI=1S/C7H6N6O3/c14-7-5-4(8-11-9-7)6(13(15)16)10-12(5)3-1-2-3/h3H,1-2H2,(H,8,9,14). The number of hydrogen-bond acceptors (Lipinski definition) is 6. The van der Waals surface area contributed by atoms with Crippen molar-refractivity contribution in [2.75, 3.05) is 0 Å². The second kappa shape index (κ2) is 2.84. The Bertz CT molecular complexity index is 639. The quantitative estimate of drug-likeness (QED) is 0.553. The van der Waals surface area contributed by atoms with Crippen LogP contribution in [0.15, 0.2) is 4.79 Å². The zero-order chi connectivity index (χ0) is 11.3. The number of H-pyrrole nitrogens is 1. The third kappa shape index (κ3) is 1.11. The Morgan fingerprint density at radius 3 is 2.88 bits per heavy atom. The lowest BCUT2D eigenvalue weighted by Gasteiger charge is -1.90. The molecule has 1 N–H and O–H groups in total. The summed E-state index contributed by atoms with van der Waals surface area (Å²) in [5.41, 5.74) is -0.428. The SMILES string of the molecule is O=c1[nH]nnc2c([N+](=O)[O-])nn(C3CC3)c12. The fraction of sp³-hybridized carbons (Fsp3) is 0.429. The number of hydrogen-bond donors (Lipinski definition) is 1. The molecule has 1 saturated carbocycles. The van der Waals surface area contributed by atoms with Crippen molar-refractivity contribution in [2.45, 2.75) is 18.9 Å². The van der Waals surface area contributed by atoms with Gasteiger partial charge in [0.15, 0.2) is 5.52 Å². The molecule has 3 rings (SSSR count). The highest BCUT2D eigenvalue weighted by molar-refractivity contribution is 5.81. The Kier molecular flexibility index (Phi) is 1.59. The highest BCUT2D eigenvalue weighted by Crippen LogP contribution is 2.37. The average Bonchev–Trinajstić information content (AvgIpc) is 2.99. The van der Waals surface area contributed by atoms with Gasteiger partial charge in [-0.1, -0.05) is 5.21 Å². The normalized spacial score (nSPS) is 15.5. The molecule has 2 aromatic heterocycles. The van der Waals surface area contributed by atoms with E-state index in [1.54, 1.807) is 0 Å². The number of nitro groups is 1. The molecule has 0 spiro atoms. The first-order valence-electron chi connectivity index (χ1n) is 4.66. The summed E-state index contributed by atoms with van der Waals surface area (Å²) >= 11 is 0. The predicted octanol–water partition coefficient (Wildman–Crippen LogP) is -0.242. The first-order valence-corrected chi connectivity index (χ1v) is 4.66. The minimum absolute atomic E-state index is 0.0550. The van der Waals surface area contributed by atoms with E-state index in [0.717, 1.165) is 12.8 Å². The molecule has 0 unspecified atom stereocenters. The van der Waals surface area contributed by atoms with Crippen LogP contribution in [0.25, 0.3) is 11.0 Å². The van der Waals surface area contributed by atoms with E-state index >= 15 is 0 Å². The molecule has 82 valence electrons. The van der Waals surface area contributed by atoms with Crippen LogP contribution in [0, 0.1) is 10.1 Å². The molecule has 1 aliphatic carbocycles. The van der Waals surface area contributed by atoms with E-state index < -0.39 is 16.3 Å². The minimum Gasteiger partial charge on any atom is -0.358 e. The van der Waals surface area contributed by atoms with Gasteiger partial charge in [-0.25, -0.2) is 5.10 Å². The third-order valence-corrected chi connectivity index (χ3v) is 2.45. The molecule has 0 radical (unpaired) electrons. The number of nitrogens with zero attached hydrogens (tertiary/aromatic N) is 5. The maximum atomic E-state index is 11.5. The largest absolute Gasteiger partial charge is 0.418 e. The van der Waals surface area contributed by atoms with Gasteiger partial charge in [0.05, 0.1) is 11.1 Å². The van der Waals surface area contributed by atoms with Crippen molar-refractivity contribution in [3.8, 4) is 0 Å². The maximum Gasteiger partial charge on any atom is 0.418 e. The summed E-state index contributed by atoms with van der Waals surface area (Å²) in [6.45, 7) is 0. The van der Waals surface area contributed by atoms with E-state index in [-0.39, 0.29) is 17.1 Å². The summed E-state index contributed by atoms with van der Waals surface area (Å²) in [6, 6.07) is 0.0708. The van der Waals surface area contributed by atoms with E-state index in [4.69, 9.17) is 0 Å². The van der Waals surface area contributed by atoms with Crippen LogP contribution in [-0.2, 0) is 0 Å². The highest BCUT2D eigenvalue weighted by Gasteiger charge is 2.35. The number of aromatic amines is 1. The fourth-order valence-corrected chi connectivity index (χ4v) is 1.60. The molecule has 2 heterocycles. The Labute approximate surface area is 87.2 Å². The van der Waals surface area contributed by atoms with E-state index in [0.29, 0.717) is 0 Å². The van der Waals surface area contributed by atoms with Crippen LogP contribution in [0.4, 0.5) is 5.82 Å². The lowest BCUT2D eigenvalue weighted by molar-refractivity contribution is -0.388. The summed E-state index contributed by atoms with van der Waals surface area (Å²) in [7, 11) is 0. The highest BCUT2D eigenvalue weighted by atomic mass is 16.6. The van der Waals surface area contributed by atoms with Crippen molar-refractivity contribution in [1.29, 1.82) is 0 Å². The molecule has 0 bridgehead atoms. The van der Waals surface area contributed by atoms with Crippen LogP contribution in [0.2, 0.25) is 0 Å².